The van der Waals surface area contributed by atoms with Crippen LogP contribution >= 0.6 is 0 Å². The molecule has 1 aromatic rings. The van der Waals surface area contributed by atoms with Crippen LogP contribution in [-0.2, 0) is 6.54 Å². The molecule has 1 aromatic carbocycles. The van der Waals surface area contributed by atoms with Gasteiger partial charge in [0.25, 0.3) is 0 Å². The summed E-state index contributed by atoms with van der Waals surface area (Å²) in [5.41, 5.74) is 0.610. The van der Waals surface area contributed by atoms with E-state index in [1.165, 1.54) is 38.2 Å². The summed E-state index contributed by atoms with van der Waals surface area (Å²) in [6.07, 6.45) is 6.56. The minimum absolute atomic E-state index is 0.420. The molecule has 1 saturated carbocycles. The highest BCUT2D eigenvalue weighted by molar-refractivity contribution is 5.18. The summed E-state index contributed by atoms with van der Waals surface area (Å²) in [5, 5.41) is 3.48. The van der Waals surface area contributed by atoms with Crippen LogP contribution < -0.4 is 5.32 Å². The fraction of sp³-hybridized carbons (Fsp3) is 0.647. The van der Waals surface area contributed by atoms with Crippen molar-refractivity contribution in [1.29, 1.82) is 0 Å². The number of hydrogen-bond acceptors (Lipinski definition) is 2. The molecule has 3 rings (SSSR count). The Balaban J connectivity index is 1.71. The van der Waals surface area contributed by atoms with E-state index < -0.39 is 11.6 Å². The lowest BCUT2D eigenvalue weighted by molar-refractivity contribution is 0.0849. The maximum absolute atomic E-state index is 13.9. The van der Waals surface area contributed by atoms with Crippen LogP contribution in [0, 0.1) is 17.6 Å². The van der Waals surface area contributed by atoms with Gasteiger partial charge < -0.3 is 5.32 Å². The first-order valence-corrected chi connectivity index (χ1v) is 8.13. The van der Waals surface area contributed by atoms with Crippen LogP contribution in [0.15, 0.2) is 18.2 Å². The number of benzene rings is 1. The first-order chi connectivity index (χ1) is 10.2. The molecular weight excluding hydrogens is 270 g/mol. The van der Waals surface area contributed by atoms with E-state index in [1.807, 2.05) is 0 Å². The zero-order valence-electron chi connectivity index (χ0n) is 12.5. The number of hydrogen-bond donors (Lipinski definition) is 1. The van der Waals surface area contributed by atoms with Crippen molar-refractivity contribution < 1.29 is 8.78 Å². The van der Waals surface area contributed by atoms with Crippen LogP contribution in [-0.4, -0.2) is 30.6 Å². The van der Waals surface area contributed by atoms with Crippen LogP contribution in [0.25, 0.3) is 0 Å². The van der Waals surface area contributed by atoms with Crippen LogP contribution in [0.3, 0.4) is 0 Å². The largest absolute Gasteiger partial charge is 0.314 e. The minimum atomic E-state index is -0.500. The molecule has 1 saturated heterocycles. The Hall–Kier alpha value is -1.00. The molecule has 1 aliphatic heterocycles. The summed E-state index contributed by atoms with van der Waals surface area (Å²) < 4.78 is 26.9. The fourth-order valence-corrected chi connectivity index (χ4v) is 3.82. The van der Waals surface area contributed by atoms with E-state index in [1.54, 1.807) is 6.07 Å². The standard InChI is InChI=1S/C17H24F2N2/c18-15-7-6-14(16(19)10-15)12-21-9-8-20-11-17(21)13-4-2-1-3-5-13/h6-7,10,13,17,20H,1-5,8-9,11-12H2. The molecule has 1 N–H and O–H groups in total. The van der Waals surface area contributed by atoms with Gasteiger partial charge in [-0.25, -0.2) is 8.78 Å². The third-order valence-corrected chi connectivity index (χ3v) is 4.98. The number of rotatable bonds is 3. The summed E-state index contributed by atoms with van der Waals surface area (Å²) in [4.78, 5) is 2.39. The number of nitrogens with zero attached hydrogens (tertiary/aromatic N) is 1. The number of halogens is 2. The van der Waals surface area contributed by atoms with Crippen LogP contribution in [0.2, 0.25) is 0 Å². The quantitative estimate of drug-likeness (QED) is 0.920. The predicted octanol–water partition coefficient (Wildman–Crippen LogP) is 3.32. The minimum Gasteiger partial charge on any atom is -0.314 e. The number of piperazine rings is 1. The van der Waals surface area contributed by atoms with Crippen molar-refractivity contribution in [2.24, 2.45) is 5.92 Å². The average Bonchev–Trinajstić information content (AvgIpc) is 2.51. The van der Waals surface area contributed by atoms with Crippen molar-refractivity contribution in [3.05, 3.63) is 35.4 Å². The Bertz CT molecular complexity index is 472. The number of nitrogens with one attached hydrogen (secondary N) is 1. The molecule has 0 aromatic heterocycles. The summed E-state index contributed by atoms with van der Waals surface area (Å²) in [6, 6.07) is 4.43. The monoisotopic (exact) mass is 294 g/mol. The van der Waals surface area contributed by atoms with Crippen LogP contribution in [0.4, 0.5) is 8.78 Å². The SMILES string of the molecule is Fc1ccc(CN2CCNCC2C2CCCCC2)c(F)c1. The molecule has 1 unspecified atom stereocenters. The second-order valence-corrected chi connectivity index (χ2v) is 6.38. The molecule has 0 radical (unpaired) electrons. The maximum atomic E-state index is 13.9. The van der Waals surface area contributed by atoms with Gasteiger partial charge in [-0.1, -0.05) is 25.3 Å². The van der Waals surface area contributed by atoms with E-state index in [2.05, 4.69) is 10.2 Å². The van der Waals surface area contributed by atoms with Gasteiger partial charge in [0, 0.05) is 43.9 Å². The molecule has 116 valence electrons. The molecule has 2 aliphatic rings. The van der Waals surface area contributed by atoms with E-state index in [9.17, 15) is 8.78 Å². The summed E-state index contributed by atoms with van der Waals surface area (Å²) >= 11 is 0. The average molecular weight is 294 g/mol. The topological polar surface area (TPSA) is 15.3 Å². The van der Waals surface area contributed by atoms with Gasteiger partial charge in [0.05, 0.1) is 0 Å². The molecule has 0 amide bonds. The molecule has 1 aliphatic carbocycles. The van der Waals surface area contributed by atoms with Gasteiger partial charge in [-0.15, -0.1) is 0 Å². The Labute approximate surface area is 125 Å². The van der Waals surface area contributed by atoms with Crippen molar-refractivity contribution in [3.63, 3.8) is 0 Å². The first-order valence-electron chi connectivity index (χ1n) is 8.13. The van der Waals surface area contributed by atoms with Crippen molar-refractivity contribution in [3.8, 4) is 0 Å². The second-order valence-electron chi connectivity index (χ2n) is 6.38. The normalized spacial score (nSPS) is 25.1. The van der Waals surface area contributed by atoms with Crippen LogP contribution in [0.1, 0.15) is 37.7 Å². The van der Waals surface area contributed by atoms with Gasteiger partial charge in [-0.05, 0) is 24.8 Å². The van der Waals surface area contributed by atoms with Gasteiger partial charge in [0.15, 0.2) is 0 Å². The van der Waals surface area contributed by atoms with Crippen molar-refractivity contribution in [2.45, 2.75) is 44.7 Å². The summed E-state index contributed by atoms with van der Waals surface area (Å²) in [6.45, 7) is 3.48. The molecule has 1 heterocycles. The maximum Gasteiger partial charge on any atom is 0.130 e. The highest BCUT2D eigenvalue weighted by atomic mass is 19.1. The summed E-state index contributed by atoms with van der Waals surface area (Å²) in [5.74, 6) is -0.202. The molecule has 1 atom stereocenters. The highest BCUT2D eigenvalue weighted by Gasteiger charge is 2.31. The van der Waals surface area contributed by atoms with E-state index in [0.29, 0.717) is 18.2 Å². The van der Waals surface area contributed by atoms with Gasteiger partial charge in [-0.2, -0.15) is 0 Å². The van der Waals surface area contributed by atoms with Crippen LogP contribution in [0.5, 0.6) is 0 Å². The molecular formula is C17H24F2N2. The fourth-order valence-electron chi connectivity index (χ4n) is 3.82. The lowest BCUT2D eigenvalue weighted by Crippen LogP contribution is -2.54. The molecule has 2 fully saturated rings. The van der Waals surface area contributed by atoms with Gasteiger partial charge in [0.1, 0.15) is 11.6 Å². The van der Waals surface area contributed by atoms with Gasteiger partial charge in [-0.3, -0.25) is 4.90 Å². The van der Waals surface area contributed by atoms with Crippen molar-refractivity contribution in [2.75, 3.05) is 19.6 Å². The Morgan fingerprint density at radius 2 is 1.95 bits per heavy atom. The second kappa shape index (κ2) is 6.84. The van der Waals surface area contributed by atoms with Crippen molar-refractivity contribution in [1.82, 2.24) is 10.2 Å². The van der Waals surface area contributed by atoms with Gasteiger partial charge in [0.2, 0.25) is 0 Å². The molecule has 21 heavy (non-hydrogen) atoms. The van der Waals surface area contributed by atoms with E-state index >= 15 is 0 Å². The first kappa shape index (κ1) is 14.9. The summed E-state index contributed by atoms with van der Waals surface area (Å²) in [7, 11) is 0. The lowest BCUT2D eigenvalue weighted by atomic mass is 9.82. The Morgan fingerprint density at radius 3 is 2.71 bits per heavy atom. The zero-order valence-corrected chi connectivity index (χ0v) is 12.5. The third kappa shape index (κ3) is 3.61. The smallest absolute Gasteiger partial charge is 0.130 e. The molecule has 0 spiro atoms. The van der Waals surface area contributed by atoms with E-state index in [-0.39, 0.29) is 0 Å². The van der Waals surface area contributed by atoms with Crippen molar-refractivity contribution >= 4 is 0 Å². The Kier molecular flexibility index (Phi) is 4.86. The van der Waals surface area contributed by atoms with E-state index in [4.69, 9.17) is 0 Å². The Morgan fingerprint density at radius 1 is 1.14 bits per heavy atom. The molecule has 4 heteroatoms. The third-order valence-electron chi connectivity index (χ3n) is 4.98. The zero-order chi connectivity index (χ0) is 14.7. The van der Waals surface area contributed by atoms with E-state index in [0.717, 1.165) is 31.6 Å². The predicted molar refractivity (Wildman–Crippen MR) is 80.0 cm³/mol. The van der Waals surface area contributed by atoms with Gasteiger partial charge >= 0.3 is 0 Å². The molecule has 2 nitrogen and oxygen atoms in total. The highest BCUT2D eigenvalue weighted by Crippen LogP contribution is 2.30. The molecule has 0 bridgehead atoms. The lowest BCUT2D eigenvalue weighted by Gasteiger charge is -2.42.